The number of nitrogens with zero attached hydrogens (tertiary/aromatic N) is 4. The van der Waals surface area contributed by atoms with Gasteiger partial charge < -0.3 is 21.1 Å². The molecule has 1 atom stereocenters. The summed E-state index contributed by atoms with van der Waals surface area (Å²) < 4.78 is 16.0. The molecule has 4 rings (SSSR count). The number of anilines is 2. The van der Waals surface area contributed by atoms with Gasteiger partial charge in [-0.15, -0.1) is 0 Å². The van der Waals surface area contributed by atoms with Gasteiger partial charge in [-0.1, -0.05) is 17.7 Å². The van der Waals surface area contributed by atoms with E-state index in [0.717, 1.165) is 11.2 Å². The number of rotatable bonds is 6. The summed E-state index contributed by atoms with van der Waals surface area (Å²) in [5.41, 5.74) is 7.96. The van der Waals surface area contributed by atoms with Crippen LogP contribution in [0.15, 0.2) is 54.4 Å². The topological polar surface area (TPSA) is 160 Å². The van der Waals surface area contributed by atoms with Crippen LogP contribution in [0.5, 0.6) is 0 Å². The zero-order valence-electron chi connectivity index (χ0n) is 20.5. The first-order valence-corrected chi connectivity index (χ1v) is 11.8. The summed E-state index contributed by atoms with van der Waals surface area (Å²) in [4.78, 5) is 39.5. The minimum atomic E-state index is -1.10. The highest BCUT2D eigenvalue weighted by Gasteiger charge is 2.40. The number of aromatic nitrogens is 2. The van der Waals surface area contributed by atoms with E-state index >= 15 is 0 Å². The lowest BCUT2D eigenvalue weighted by molar-refractivity contribution is -0.136. The second-order valence-electron chi connectivity index (χ2n) is 8.66. The third-order valence-corrected chi connectivity index (χ3v) is 6.57. The van der Waals surface area contributed by atoms with Gasteiger partial charge in [-0.2, -0.15) is 5.10 Å². The summed E-state index contributed by atoms with van der Waals surface area (Å²) in [7, 11) is 1.74. The van der Waals surface area contributed by atoms with Crippen molar-refractivity contribution in [2.45, 2.75) is 19.4 Å². The maximum Gasteiger partial charge on any atom is 0.335 e. The Balaban J connectivity index is 1.66. The lowest BCUT2D eigenvalue weighted by Gasteiger charge is -2.35. The van der Waals surface area contributed by atoms with Crippen molar-refractivity contribution in [1.29, 1.82) is 0 Å². The number of benzene rings is 2. The van der Waals surface area contributed by atoms with E-state index in [-0.39, 0.29) is 28.5 Å². The predicted octanol–water partition coefficient (Wildman–Crippen LogP) is 2.46. The number of carbonyl (C=O) groups excluding carboxylic acids is 2. The molecule has 1 aromatic heterocycles. The number of carboxylic acid groups (broad SMARTS) is 1. The molecule has 1 unspecified atom stereocenters. The molecule has 0 saturated carbocycles. The molecule has 0 fully saturated rings. The SMILES string of the molecule is Cc1c2c(nn1C)CCN(C(=O)/C(N)=C/N(N)c1cccc(Cl)c1F)C2C(=O)Nc1ccc(C(=O)O)cc1. The number of carboxylic acids is 1. The van der Waals surface area contributed by atoms with E-state index in [1.54, 1.807) is 18.7 Å². The summed E-state index contributed by atoms with van der Waals surface area (Å²) in [5, 5.41) is 17.0. The maximum absolute atomic E-state index is 14.4. The summed E-state index contributed by atoms with van der Waals surface area (Å²) in [6.07, 6.45) is 1.44. The second-order valence-corrected chi connectivity index (χ2v) is 9.06. The molecule has 38 heavy (non-hydrogen) atoms. The third kappa shape index (κ3) is 5.04. The van der Waals surface area contributed by atoms with Crippen molar-refractivity contribution >= 4 is 40.8 Å². The van der Waals surface area contributed by atoms with Crippen LogP contribution < -0.4 is 21.9 Å². The van der Waals surface area contributed by atoms with Gasteiger partial charge in [-0.05, 0) is 43.3 Å². The fraction of sp³-hybridized carbons (Fsp3) is 0.200. The van der Waals surface area contributed by atoms with E-state index in [1.807, 2.05) is 0 Å². The van der Waals surface area contributed by atoms with Gasteiger partial charge in [0.05, 0.1) is 28.2 Å². The Bertz CT molecular complexity index is 1450. The van der Waals surface area contributed by atoms with Crippen LogP contribution in [-0.2, 0) is 23.1 Å². The Morgan fingerprint density at radius 3 is 2.58 bits per heavy atom. The second kappa shape index (κ2) is 10.5. The molecule has 0 aliphatic carbocycles. The molecule has 198 valence electrons. The zero-order chi connectivity index (χ0) is 27.7. The first-order valence-electron chi connectivity index (χ1n) is 11.4. The molecular formula is C25H25ClFN7O4. The molecule has 13 heteroatoms. The Labute approximate surface area is 222 Å². The van der Waals surface area contributed by atoms with E-state index < -0.39 is 29.6 Å². The van der Waals surface area contributed by atoms with Gasteiger partial charge in [0.15, 0.2) is 5.82 Å². The Hall–Kier alpha value is -4.42. The van der Waals surface area contributed by atoms with Crippen molar-refractivity contribution in [3.8, 4) is 0 Å². The fourth-order valence-electron chi connectivity index (χ4n) is 4.28. The van der Waals surface area contributed by atoms with Crippen molar-refractivity contribution in [3.05, 3.63) is 87.7 Å². The summed E-state index contributed by atoms with van der Waals surface area (Å²) in [5.74, 6) is 2.81. The number of amides is 2. The minimum absolute atomic E-state index is 0.0586. The van der Waals surface area contributed by atoms with Crippen molar-refractivity contribution in [1.82, 2.24) is 14.7 Å². The Kier molecular flexibility index (Phi) is 7.37. The van der Waals surface area contributed by atoms with E-state index in [1.165, 1.54) is 47.4 Å². The van der Waals surface area contributed by atoms with Gasteiger partial charge >= 0.3 is 5.97 Å². The molecule has 2 heterocycles. The van der Waals surface area contributed by atoms with Gasteiger partial charge in [0.25, 0.3) is 11.8 Å². The summed E-state index contributed by atoms with van der Waals surface area (Å²) >= 11 is 5.82. The fourth-order valence-corrected chi connectivity index (χ4v) is 4.44. The molecule has 2 aromatic carbocycles. The van der Waals surface area contributed by atoms with Crippen molar-refractivity contribution < 1.29 is 23.9 Å². The predicted molar refractivity (Wildman–Crippen MR) is 138 cm³/mol. The molecule has 3 aromatic rings. The number of carbonyl (C=O) groups is 3. The average Bonchev–Trinajstić information content (AvgIpc) is 3.17. The van der Waals surface area contributed by atoms with Crippen LogP contribution in [0.2, 0.25) is 5.02 Å². The summed E-state index contributed by atoms with van der Waals surface area (Å²) in [6, 6.07) is 8.73. The van der Waals surface area contributed by atoms with Crippen LogP contribution in [0.25, 0.3) is 0 Å². The molecule has 0 bridgehead atoms. The van der Waals surface area contributed by atoms with Gasteiger partial charge in [-0.3, -0.25) is 19.3 Å². The number of aryl methyl sites for hydroxylation is 1. The highest BCUT2D eigenvalue weighted by Crippen LogP contribution is 2.34. The molecule has 0 saturated heterocycles. The standard InChI is InChI=1S/C25H25ClFN7O4/c1-13-20-18(31-32(13)2)10-11-33(22(20)23(35)30-15-8-6-14(7-9-15)25(37)38)24(36)17(28)12-34(29)19-5-3-4-16(26)21(19)27/h3-9,12,22H,10-11,28-29H2,1-2H3,(H,30,35)(H,37,38)/b17-12-. The summed E-state index contributed by atoms with van der Waals surface area (Å²) in [6.45, 7) is 1.91. The van der Waals surface area contributed by atoms with Gasteiger partial charge in [-0.25, -0.2) is 15.0 Å². The lowest BCUT2D eigenvalue weighted by Crippen LogP contribution is -2.47. The van der Waals surface area contributed by atoms with Gasteiger partial charge in [0.1, 0.15) is 11.7 Å². The number of fused-ring (bicyclic) bond motifs is 1. The van der Waals surface area contributed by atoms with Crippen molar-refractivity contribution in [3.63, 3.8) is 0 Å². The van der Waals surface area contributed by atoms with Crippen molar-refractivity contribution in [2.24, 2.45) is 18.6 Å². The largest absolute Gasteiger partial charge is 0.478 e. The molecule has 2 amide bonds. The number of hydrogen-bond donors (Lipinski definition) is 4. The van der Waals surface area contributed by atoms with Crippen LogP contribution in [0.1, 0.15) is 33.4 Å². The van der Waals surface area contributed by atoms with E-state index in [9.17, 15) is 18.8 Å². The normalized spacial score (nSPS) is 15.1. The van der Waals surface area contributed by atoms with Gasteiger partial charge in [0.2, 0.25) is 0 Å². The van der Waals surface area contributed by atoms with Crippen LogP contribution >= 0.6 is 11.6 Å². The number of nitrogens with one attached hydrogen (secondary N) is 1. The number of hydrazine groups is 1. The van der Waals surface area contributed by atoms with Crippen LogP contribution in [0.3, 0.4) is 0 Å². The first-order chi connectivity index (χ1) is 18.0. The number of nitrogens with two attached hydrogens (primary N) is 2. The molecule has 0 spiro atoms. The van der Waals surface area contributed by atoms with Gasteiger partial charge in [0, 0.05) is 37.0 Å². The molecule has 11 nitrogen and oxygen atoms in total. The van der Waals surface area contributed by atoms with E-state index in [2.05, 4.69) is 10.4 Å². The number of halogens is 2. The Morgan fingerprint density at radius 1 is 1.24 bits per heavy atom. The zero-order valence-corrected chi connectivity index (χ0v) is 21.2. The molecule has 6 N–H and O–H groups in total. The quantitative estimate of drug-likeness (QED) is 0.210. The lowest BCUT2D eigenvalue weighted by atomic mass is 9.95. The van der Waals surface area contributed by atoms with E-state index in [0.29, 0.717) is 29.1 Å². The minimum Gasteiger partial charge on any atom is -0.478 e. The molecular weight excluding hydrogens is 517 g/mol. The van der Waals surface area contributed by atoms with Crippen LogP contribution in [0.4, 0.5) is 15.8 Å². The average molecular weight is 542 g/mol. The van der Waals surface area contributed by atoms with Crippen molar-refractivity contribution in [2.75, 3.05) is 16.9 Å². The highest BCUT2D eigenvalue weighted by atomic mass is 35.5. The first kappa shape index (κ1) is 26.6. The van der Waals surface area contributed by atoms with Crippen LogP contribution in [0, 0.1) is 12.7 Å². The molecule has 0 radical (unpaired) electrons. The Morgan fingerprint density at radius 2 is 1.92 bits per heavy atom. The highest BCUT2D eigenvalue weighted by molar-refractivity contribution is 6.31. The van der Waals surface area contributed by atoms with Crippen LogP contribution in [-0.4, -0.2) is 44.1 Å². The number of aromatic carboxylic acids is 1. The monoisotopic (exact) mass is 541 g/mol. The van der Waals surface area contributed by atoms with E-state index in [4.69, 9.17) is 28.3 Å². The maximum atomic E-state index is 14.4. The molecule has 1 aliphatic heterocycles. The number of hydrogen-bond acceptors (Lipinski definition) is 7. The third-order valence-electron chi connectivity index (χ3n) is 6.27. The molecule has 1 aliphatic rings. The smallest absolute Gasteiger partial charge is 0.335 e.